The molecule has 0 aromatic heterocycles. The van der Waals surface area contributed by atoms with Crippen LogP contribution >= 0.6 is 0 Å². The lowest BCUT2D eigenvalue weighted by atomic mass is 10.1. The van der Waals surface area contributed by atoms with E-state index in [1.165, 1.54) is 0 Å². The molecule has 0 bridgehead atoms. The van der Waals surface area contributed by atoms with Gasteiger partial charge >= 0.3 is 11.9 Å². The Labute approximate surface area is 160 Å². The molecule has 27 heavy (non-hydrogen) atoms. The molecule has 0 aromatic carbocycles. The molecule has 9 heteroatoms. The Bertz CT molecular complexity index is 497. The van der Waals surface area contributed by atoms with Crippen LogP contribution in [-0.4, -0.2) is 52.1 Å². The summed E-state index contributed by atoms with van der Waals surface area (Å²) in [7, 11) is 0. The van der Waals surface area contributed by atoms with Crippen molar-refractivity contribution in [1.29, 1.82) is 0 Å². The molecule has 0 radical (unpaired) electrons. The number of carbonyl (C=O) groups is 4. The van der Waals surface area contributed by atoms with E-state index in [2.05, 4.69) is 17.6 Å². The van der Waals surface area contributed by atoms with Crippen molar-refractivity contribution in [2.45, 2.75) is 89.8 Å². The summed E-state index contributed by atoms with van der Waals surface area (Å²) in [6, 6.07) is -2.05. The fourth-order valence-corrected chi connectivity index (χ4v) is 2.52. The molecule has 0 fully saturated rings. The second kappa shape index (κ2) is 14.0. The summed E-state index contributed by atoms with van der Waals surface area (Å²) in [6.45, 7) is 3.98. The lowest BCUT2D eigenvalue weighted by Crippen LogP contribution is -2.49. The van der Waals surface area contributed by atoms with Crippen LogP contribution in [0.25, 0.3) is 0 Å². The number of aliphatic carboxylic acids is 2. The Morgan fingerprint density at radius 1 is 0.926 bits per heavy atom. The number of unbranched alkanes of at least 4 members (excludes halogenated alkanes) is 2. The van der Waals surface area contributed by atoms with E-state index in [-0.39, 0.29) is 44.1 Å². The highest BCUT2D eigenvalue weighted by atomic mass is 16.4. The zero-order valence-electron chi connectivity index (χ0n) is 16.2. The molecular weight excluding hydrogens is 354 g/mol. The van der Waals surface area contributed by atoms with Crippen LogP contribution in [0.4, 0.5) is 0 Å². The Balaban J connectivity index is 4.64. The van der Waals surface area contributed by atoms with Gasteiger partial charge in [0.25, 0.3) is 0 Å². The highest BCUT2D eigenvalue weighted by molar-refractivity contribution is 5.88. The van der Waals surface area contributed by atoms with E-state index in [4.69, 9.17) is 15.9 Å². The van der Waals surface area contributed by atoms with Crippen molar-refractivity contribution < 1.29 is 29.4 Å². The maximum absolute atomic E-state index is 12.5. The minimum atomic E-state index is -1.19. The van der Waals surface area contributed by atoms with Gasteiger partial charge in [0.05, 0.1) is 0 Å². The number of hydrogen-bond donors (Lipinski definition) is 5. The molecule has 6 N–H and O–H groups in total. The number of carboxylic acids is 2. The lowest BCUT2D eigenvalue weighted by molar-refractivity contribution is -0.139. The first-order chi connectivity index (χ1) is 12.7. The average molecular weight is 387 g/mol. The van der Waals surface area contributed by atoms with Crippen molar-refractivity contribution in [2.24, 2.45) is 5.73 Å². The number of amides is 2. The van der Waals surface area contributed by atoms with E-state index in [1.54, 1.807) is 0 Å². The highest BCUT2D eigenvalue weighted by Gasteiger charge is 2.23. The third-order valence-corrected chi connectivity index (χ3v) is 4.16. The van der Waals surface area contributed by atoms with Gasteiger partial charge < -0.3 is 26.6 Å². The molecule has 0 aromatic rings. The van der Waals surface area contributed by atoms with Crippen LogP contribution in [-0.2, 0) is 19.2 Å². The third kappa shape index (κ3) is 12.8. The predicted molar refractivity (Wildman–Crippen MR) is 100 cm³/mol. The van der Waals surface area contributed by atoms with E-state index in [9.17, 15) is 19.2 Å². The van der Waals surface area contributed by atoms with Gasteiger partial charge in [-0.2, -0.15) is 0 Å². The number of carboxylic acid groups (broad SMARTS) is 2. The maximum atomic E-state index is 12.5. The van der Waals surface area contributed by atoms with Gasteiger partial charge in [0.15, 0.2) is 0 Å². The topological polar surface area (TPSA) is 159 Å². The van der Waals surface area contributed by atoms with Crippen molar-refractivity contribution >= 4 is 23.8 Å². The molecule has 2 amide bonds. The zero-order chi connectivity index (χ0) is 20.8. The Kier molecular flexibility index (Phi) is 12.8. The SMILES string of the molecule is CCCCCC(C)NC(=O)[C@@H](CCCC(=O)O)NC(=O)CC[C@H](N)C(=O)O. The molecule has 0 spiro atoms. The van der Waals surface area contributed by atoms with E-state index in [0.29, 0.717) is 0 Å². The van der Waals surface area contributed by atoms with Crippen molar-refractivity contribution in [3.8, 4) is 0 Å². The summed E-state index contributed by atoms with van der Waals surface area (Å²) in [5.41, 5.74) is 5.37. The van der Waals surface area contributed by atoms with Gasteiger partial charge in [-0.05, 0) is 32.6 Å². The van der Waals surface area contributed by atoms with E-state index in [0.717, 1.165) is 25.7 Å². The Morgan fingerprint density at radius 2 is 1.59 bits per heavy atom. The van der Waals surface area contributed by atoms with Crippen LogP contribution in [0.1, 0.15) is 71.6 Å². The van der Waals surface area contributed by atoms with Gasteiger partial charge in [-0.3, -0.25) is 19.2 Å². The largest absolute Gasteiger partial charge is 0.481 e. The first-order valence-electron chi connectivity index (χ1n) is 9.47. The van der Waals surface area contributed by atoms with Crippen LogP contribution < -0.4 is 16.4 Å². The fraction of sp³-hybridized carbons (Fsp3) is 0.778. The van der Waals surface area contributed by atoms with Crippen LogP contribution in [0.2, 0.25) is 0 Å². The lowest BCUT2D eigenvalue weighted by Gasteiger charge is -2.21. The number of nitrogens with two attached hydrogens (primary N) is 1. The van der Waals surface area contributed by atoms with Gasteiger partial charge in [-0.1, -0.05) is 26.2 Å². The van der Waals surface area contributed by atoms with Crippen molar-refractivity contribution in [3.63, 3.8) is 0 Å². The molecule has 0 heterocycles. The predicted octanol–water partition coefficient (Wildman–Crippen LogP) is 1.00. The number of nitrogens with one attached hydrogen (secondary N) is 2. The first kappa shape index (κ1) is 24.8. The minimum absolute atomic E-state index is 0.0436. The van der Waals surface area contributed by atoms with Gasteiger partial charge in [-0.15, -0.1) is 0 Å². The maximum Gasteiger partial charge on any atom is 0.320 e. The van der Waals surface area contributed by atoms with E-state index >= 15 is 0 Å². The van der Waals surface area contributed by atoms with E-state index in [1.807, 2.05) is 6.92 Å². The summed E-state index contributed by atoms with van der Waals surface area (Å²) in [5, 5.41) is 22.9. The highest BCUT2D eigenvalue weighted by Crippen LogP contribution is 2.07. The van der Waals surface area contributed by atoms with Crippen LogP contribution in [0.5, 0.6) is 0 Å². The Hall–Kier alpha value is -2.16. The molecular formula is C18H33N3O6. The minimum Gasteiger partial charge on any atom is -0.481 e. The first-order valence-corrected chi connectivity index (χ1v) is 9.47. The molecule has 9 nitrogen and oxygen atoms in total. The normalized spacial score (nSPS) is 14.0. The summed E-state index contributed by atoms with van der Waals surface area (Å²) >= 11 is 0. The smallest absolute Gasteiger partial charge is 0.320 e. The van der Waals surface area contributed by atoms with Gasteiger partial charge in [-0.25, -0.2) is 0 Å². The molecule has 0 aliphatic carbocycles. The van der Waals surface area contributed by atoms with Crippen molar-refractivity contribution in [1.82, 2.24) is 10.6 Å². The summed E-state index contributed by atoms with van der Waals surface area (Å²) in [5.74, 6) is -3.01. The third-order valence-electron chi connectivity index (χ3n) is 4.16. The van der Waals surface area contributed by atoms with Crippen LogP contribution in [0.15, 0.2) is 0 Å². The van der Waals surface area contributed by atoms with Crippen LogP contribution in [0, 0.1) is 0 Å². The Morgan fingerprint density at radius 3 is 2.15 bits per heavy atom. The zero-order valence-corrected chi connectivity index (χ0v) is 16.2. The van der Waals surface area contributed by atoms with Gasteiger partial charge in [0, 0.05) is 18.9 Å². The van der Waals surface area contributed by atoms with E-state index < -0.39 is 29.9 Å². The quantitative estimate of drug-likeness (QED) is 0.262. The second-order valence-electron chi connectivity index (χ2n) is 6.79. The molecule has 0 saturated heterocycles. The summed E-state index contributed by atoms with van der Waals surface area (Å²) < 4.78 is 0. The average Bonchev–Trinajstić information content (AvgIpc) is 2.58. The molecule has 3 atom stereocenters. The molecule has 156 valence electrons. The number of rotatable bonds is 15. The molecule has 0 rings (SSSR count). The van der Waals surface area contributed by atoms with Gasteiger partial charge in [0.1, 0.15) is 12.1 Å². The second-order valence-corrected chi connectivity index (χ2v) is 6.79. The van der Waals surface area contributed by atoms with Crippen molar-refractivity contribution in [3.05, 3.63) is 0 Å². The standard InChI is InChI=1S/C18H33N3O6/c1-3-4-5-7-12(2)20-17(25)14(8-6-9-16(23)24)21-15(22)11-10-13(19)18(26)27/h12-14H,3-11,19H2,1-2H3,(H,20,25)(H,21,22)(H,23,24)(H,26,27)/t12?,13-,14+/m0/s1. The summed E-state index contributed by atoms with van der Waals surface area (Å²) in [4.78, 5) is 45.9. The summed E-state index contributed by atoms with van der Waals surface area (Å²) in [6.07, 6.45) is 4.12. The monoisotopic (exact) mass is 387 g/mol. The molecule has 0 saturated carbocycles. The molecule has 1 unspecified atom stereocenters. The molecule has 0 aliphatic rings. The molecule has 0 aliphatic heterocycles. The fourth-order valence-electron chi connectivity index (χ4n) is 2.52. The van der Waals surface area contributed by atoms with Crippen LogP contribution in [0.3, 0.4) is 0 Å². The van der Waals surface area contributed by atoms with Gasteiger partial charge in [0.2, 0.25) is 11.8 Å². The van der Waals surface area contributed by atoms with Crippen molar-refractivity contribution in [2.75, 3.05) is 0 Å². The number of carbonyl (C=O) groups excluding carboxylic acids is 2. The number of hydrogen-bond acceptors (Lipinski definition) is 5.